The average Bonchev–Trinajstić information content (AvgIpc) is 2.51. The van der Waals surface area contributed by atoms with Gasteiger partial charge in [0.2, 0.25) is 0 Å². The van der Waals surface area contributed by atoms with Crippen molar-refractivity contribution in [2.24, 2.45) is 0 Å². The van der Waals surface area contributed by atoms with Crippen LogP contribution in [0.3, 0.4) is 0 Å². The lowest BCUT2D eigenvalue weighted by molar-refractivity contribution is 1.40. The van der Waals surface area contributed by atoms with E-state index in [-0.39, 0.29) is 11.1 Å². The summed E-state index contributed by atoms with van der Waals surface area (Å²) in [6.45, 7) is 1.76. The van der Waals surface area contributed by atoms with E-state index in [4.69, 9.17) is 21.0 Å². The molecule has 1 aromatic rings. The second kappa shape index (κ2) is 5.58. The summed E-state index contributed by atoms with van der Waals surface area (Å²) in [5.74, 6) is 0. The minimum atomic E-state index is -0.00110. The molecule has 2 aliphatic rings. The molecule has 0 saturated carbocycles. The van der Waals surface area contributed by atoms with Gasteiger partial charge in [0.25, 0.3) is 0 Å². The van der Waals surface area contributed by atoms with Crippen LogP contribution in [0.2, 0.25) is 0 Å². The summed E-state index contributed by atoms with van der Waals surface area (Å²) in [6, 6.07) is 14.6. The van der Waals surface area contributed by atoms with Gasteiger partial charge in [0, 0.05) is 11.1 Å². The minimum Gasteiger partial charge on any atom is -0.192 e. The van der Waals surface area contributed by atoms with E-state index in [0.29, 0.717) is 16.7 Å². The van der Waals surface area contributed by atoms with Crippen molar-refractivity contribution in [3.63, 3.8) is 0 Å². The molecule has 2 aliphatic carbocycles. The first-order valence-corrected chi connectivity index (χ1v) is 6.04. The van der Waals surface area contributed by atoms with Crippen LogP contribution in [0.5, 0.6) is 0 Å². The van der Waals surface area contributed by atoms with Crippen LogP contribution < -0.4 is 0 Å². The van der Waals surface area contributed by atoms with Crippen LogP contribution in [0.4, 0.5) is 0 Å². The van der Waals surface area contributed by atoms with Gasteiger partial charge in [0.1, 0.15) is 35.4 Å². The quantitative estimate of drug-likeness (QED) is 0.674. The number of benzene rings is 1. The van der Waals surface area contributed by atoms with Gasteiger partial charge in [-0.15, -0.1) is 0 Å². The van der Waals surface area contributed by atoms with E-state index in [1.807, 2.05) is 24.3 Å². The van der Waals surface area contributed by atoms with Crippen LogP contribution in [-0.2, 0) is 0 Å². The van der Waals surface area contributed by atoms with Gasteiger partial charge in [-0.1, -0.05) is 24.3 Å². The van der Waals surface area contributed by atoms with Crippen LogP contribution >= 0.6 is 0 Å². The number of nitrogens with zero attached hydrogens (tertiary/aromatic N) is 4. The normalized spacial score (nSPS) is 14.4. The topological polar surface area (TPSA) is 95.2 Å². The van der Waals surface area contributed by atoms with E-state index in [2.05, 4.69) is 0 Å². The van der Waals surface area contributed by atoms with Gasteiger partial charge in [0.05, 0.1) is 0 Å². The van der Waals surface area contributed by atoms with Crippen molar-refractivity contribution < 1.29 is 0 Å². The predicted molar refractivity (Wildman–Crippen MR) is 76.5 cm³/mol. The van der Waals surface area contributed by atoms with E-state index < -0.39 is 0 Å². The molecule has 0 radical (unpaired) electrons. The SMILES string of the molecule is C/C1=C/C(=C(C#N)C#N)c2ccc(cc2)C1=C(C#N)C#N. The molecule has 0 fully saturated rings. The van der Waals surface area contributed by atoms with E-state index in [9.17, 15) is 0 Å². The number of hydrogen-bond donors (Lipinski definition) is 0. The van der Waals surface area contributed by atoms with E-state index >= 15 is 0 Å². The fourth-order valence-corrected chi connectivity index (χ4v) is 2.26. The third-order valence-electron chi connectivity index (χ3n) is 3.21. The van der Waals surface area contributed by atoms with Crippen LogP contribution in [-0.4, -0.2) is 0 Å². The molecule has 0 atom stereocenters. The number of nitriles is 4. The highest BCUT2D eigenvalue weighted by Crippen LogP contribution is 2.34. The molecule has 0 aromatic heterocycles. The molecule has 0 aliphatic heterocycles. The maximum atomic E-state index is 9.11. The molecule has 3 rings (SSSR count). The molecule has 2 bridgehead atoms. The molecule has 0 N–H and O–H groups in total. The first-order chi connectivity index (χ1) is 10.2. The fourth-order valence-electron chi connectivity index (χ4n) is 2.26. The average molecular weight is 268 g/mol. The smallest absolute Gasteiger partial charge is 0.137 e. The lowest BCUT2D eigenvalue weighted by Gasteiger charge is -2.15. The third kappa shape index (κ3) is 2.31. The summed E-state index contributed by atoms with van der Waals surface area (Å²) in [5, 5.41) is 36.4. The summed E-state index contributed by atoms with van der Waals surface area (Å²) in [5.41, 5.74) is 3.22. The summed E-state index contributed by atoms with van der Waals surface area (Å²) in [7, 11) is 0. The molecule has 96 valence electrons. The van der Waals surface area contributed by atoms with Crippen molar-refractivity contribution in [1.29, 1.82) is 21.0 Å². The van der Waals surface area contributed by atoms with Crippen LogP contribution in [0, 0.1) is 45.3 Å². The maximum Gasteiger partial charge on any atom is 0.137 e. The maximum absolute atomic E-state index is 9.11. The highest BCUT2D eigenvalue weighted by Gasteiger charge is 2.17. The van der Waals surface area contributed by atoms with Gasteiger partial charge < -0.3 is 0 Å². The number of hydrogen-bond acceptors (Lipinski definition) is 4. The standard InChI is InChI=1S/C17H8N4/c1-11-6-16(14(7-18)8-19)12-2-4-13(5-3-12)17(11)15(9-20)10-21/h2-6H,1H3/b11-6-. The lowest BCUT2D eigenvalue weighted by Crippen LogP contribution is -1.98. The second-order valence-corrected chi connectivity index (χ2v) is 4.39. The number of rotatable bonds is 0. The third-order valence-corrected chi connectivity index (χ3v) is 3.21. The van der Waals surface area contributed by atoms with Crippen LogP contribution in [0.1, 0.15) is 18.1 Å². The highest BCUT2D eigenvalue weighted by molar-refractivity contribution is 5.93. The van der Waals surface area contributed by atoms with E-state index in [1.165, 1.54) is 0 Å². The van der Waals surface area contributed by atoms with Gasteiger partial charge in [0.15, 0.2) is 0 Å². The Morgan fingerprint density at radius 2 is 1.24 bits per heavy atom. The van der Waals surface area contributed by atoms with Crippen LogP contribution in [0.15, 0.2) is 47.1 Å². The largest absolute Gasteiger partial charge is 0.192 e. The van der Waals surface area contributed by atoms with Gasteiger partial charge in [-0.05, 0) is 29.7 Å². The van der Waals surface area contributed by atoms with Crippen molar-refractivity contribution in [3.05, 3.63) is 58.2 Å². The van der Waals surface area contributed by atoms with Crippen molar-refractivity contribution in [2.45, 2.75) is 6.92 Å². The summed E-state index contributed by atoms with van der Waals surface area (Å²) >= 11 is 0. The summed E-state index contributed by atoms with van der Waals surface area (Å²) in [4.78, 5) is 0. The predicted octanol–water partition coefficient (Wildman–Crippen LogP) is 3.25. The minimum absolute atomic E-state index is 0.00110. The molecule has 1 aromatic carbocycles. The van der Waals surface area contributed by atoms with E-state index in [0.717, 1.165) is 11.1 Å². The van der Waals surface area contributed by atoms with Gasteiger partial charge in [-0.2, -0.15) is 21.0 Å². The lowest BCUT2D eigenvalue weighted by atomic mass is 9.87. The van der Waals surface area contributed by atoms with E-state index in [1.54, 1.807) is 37.3 Å². The Balaban J connectivity index is 2.93. The fraction of sp³-hybridized carbons (Fsp3) is 0.0588. The molecule has 0 amide bonds. The van der Waals surface area contributed by atoms with Gasteiger partial charge in [-0.3, -0.25) is 0 Å². The second-order valence-electron chi connectivity index (χ2n) is 4.39. The molecular formula is C17H8N4. The van der Waals surface area contributed by atoms with Crippen molar-refractivity contribution in [3.8, 4) is 24.3 Å². The molecule has 4 nitrogen and oxygen atoms in total. The highest BCUT2D eigenvalue weighted by atomic mass is 14.3. The summed E-state index contributed by atoms with van der Waals surface area (Å²) < 4.78 is 0. The number of fused-ring (bicyclic) bond motifs is 4. The monoisotopic (exact) mass is 268 g/mol. The Morgan fingerprint density at radius 1 is 0.762 bits per heavy atom. The zero-order valence-corrected chi connectivity index (χ0v) is 11.2. The molecule has 0 saturated heterocycles. The molecule has 0 spiro atoms. The zero-order chi connectivity index (χ0) is 15.4. The van der Waals surface area contributed by atoms with Gasteiger partial charge >= 0.3 is 0 Å². The van der Waals surface area contributed by atoms with Crippen molar-refractivity contribution in [1.82, 2.24) is 0 Å². The molecule has 0 unspecified atom stereocenters. The number of allylic oxidation sites excluding steroid dienone is 6. The first kappa shape index (κ1) is 13.8. The van der Waals surface area contributed by atoms with Crippen molar-refractivity contribution >= 4 is 11.1 Å². The Labute approximate surface area is 122 Å². The summed E-state index contributed by atoms with van der Waals surface area (Å²) in [6.07, 6.45) is 1.67. The molecule has 4 heteroatoms. The molecule has 0 heterocycles. The molecule has 21 heavy (non-hydrogen) atoms. The van der Waals surface area contributed by atoms with Gasteiger partial charge in [-0.25, -0.2) is 0 Å². The Bertz CT molecular complexity index is 835. The van der Waals surface area contributed by atoms with Crippen LogP contribution in [0.25, 0.3) is 11.1 Å². The Kier molecular flexibility index (Phi) is 3.67. The molecular weight excluding hydrogens is 260 g/mol. The zero-order valence-electron chi connectivity index (χ0n) is 11.2. The Morgan fingerprint density at radius 3 is 1.71 bits per heavy atom. The first-order valence-electron chi connectivity index (χ1n) is 6.04. The Hall–Kier alpha value is -3.60. The van der Waals surface area contributed by atoms with Crippen molar-refractivity contribution in [2.75, 3.05) is 0 Å².